The van der Waals surface area contributed by atoms with Gasteiger partial charge in [0.2, 0.25) is 5.91 Å². The Morgan fingerprint density at radius 3 is 2.59 bits per heavy atom. The molecule has 4 rings (SSSR count). The molecule has 1 aliphatic carbocycles. The van der Waals surface area contributed by atoms with Crippen molar-refractivity contribution in [2.45, 2.75) is 59.5 Å². The number of piperidine rings is 1. The molecular weight excluding hydrogens is 448 g/mol. The molecule has 2 aliphatic heterocycles. The summed E-state index contributed by atoms with van der Waals surface area (Å²) >= 11 is 6.52. The van der Waals surface area contributed by atoms with Crippen LogP contribution >= 0.6 is 11.6 Å². The number of fused-ring (bicyclic) bond motifs is 1. The molecular formula is C27H39ClN4O2. The van der Waals surface area contributed by atoms with Crippen molar-refractivity contribution in [1.82, 2.24) is 15.5 Å². The minimum absolute atomic E-state index is 0.0440. The van der Waals surface area contributed by atoms with Crippen molar-refractivity contribution in [3.63, 3.8) is 0 Å². The standard InChI is InChI=1S/C27H39ClN4O2/c1-7-32(19-8-10-31(6)11-9-19)22-13-18(28)12-20(16(22)4)26(33)29-14-21-23(15(2)3)24-17(5)25(24)30-27(21)34/h12-13,15,17,19,24-25H,7-11,14H2,1-6H3,(H,29,33)(H,30,34). The molecule has 186 valence electrons. The van der Waals surface area contributed by atoms with E-state index < -0.39 is 0 Å². The minimum atomic E-state index is -0.185. The molecule has 1 saturated heterocycles. The van der Waals surface area contributed by atoms with Crippen molar-refractivity contribution >= 4 is 29.1 Å². The minimum Gasteiger partial charge on any atom is -0.368 e. The van der Waals surface area contributed by atoms with Crippen LogP contribution in [0.3, 0.4) is 0 Å². The van der Waals surface area contributed by atoms with E-state index in [4.69, 9.17) is 11.6 Å². The van der Waals surface area contributed by atoms with Crippen molar-refractivity contribution in [2.75, 3.05) is 38.1 Å². The van der Waals surface area contributed by atoms with Crippen LogP contribution in [-0.4, -0.2) is 62.0 Å². The zero-order chi connectivity index (χ0) is 24.7. The molecule has 3 aliphatic rings. The van der Waals surface area contributed by atoms with Gasteiger partial charge in [-0.15, -0.1) is 0 Å². The Balaban J connectivity index is 1.56. The topological polar surface area (TPSA) is 64.7 Å². The molecule has 1 saturated carbocycles. The Hall–Kier alpha value is -2.05. The Morgan fingerprint density at radius 1 is 1.29 bits per heavy atom. The van der Waals surface area contributed by atoms with Crippen LogP contribution in [0.2, 0.25) is 5.02 Å². The molecule has 6 nitrogen and oxygen atoms in total. The molecule has 3 atom stereocenters. The highest BCUT2D eigenvalue weighted by Crippen LogP contribution is 2.50. The Morgan fingerprint density at radius 2 is 1.97 bits per heavy atom. The smallest absolute Gasteiger partial charge is 0.251 e. The van der Waals surface area contributed by atoms with E-state index in [1.54, 1.807) is 6.07 Å². The van der Waals surface area contributed by atoms with Crippen LogP contribution in [0, 0.1) is 24.7 Å². The predicted octanol–water partition coefficient (Wildman–Crippen LogP) is 4.02. The van der Waals surface area contributed by atoms with E-state index in [0.29, 0.717) is 28.5 Å². The number of nitrogens with zero attached hydrogens (tertiary/aromatic N) is 2. The van der Waals surface area contributed by atoms with Crippen molar-refractivity contribution in [3.8, 4) is 0 Å². The zero-order valence-corrected chi connectivity index (χ0v) is 22.1. The first-order valence-electron chi connectivity index (χ1n) is 12.7. The SMILES string of the molecule is CCN(c1cc(Cl)cc(C(=O)NCC2=C(C(C)C)C3C(C)C3NC2=O)c1C)C1CCN(C)CC1. The summed E-state index contributed by atoms with van der Waals surface area (Å²) in [5, 5.41) is 6.71. The van der Waals surface area contributed by atoms with Gasteiger partial charge in [0, 0.05) is 52.9 Å². The van der Waals surface area contributed by atoms with Crippen molar-refractivity contribution in [1.29, 1.82) is 0 Å². The Kier molecular flexibility index (Phi) is 7.30. The second-order valence-corrected chi connectivity index (χ2v) is 11.0. The number of nitrogens with one attached hydrogen (secondary N) is 2. The number of amides is 2. The van der Waals surface area contributed by atoms with Crippen LogP contribution < -0.4 is 15.5 Å². The fraction of sp³-hybridized carbons (Fsp3) is 0.630. The number of likely N-dealkylation sites (tertiary alicyclic amines) is 1. The maximum atomic E-state index is 13.3. The number of anilines is 1. The number of rotatable bonds is 7. The molecule has 2 heterocycles. The molecule has 7 heteroatoms. The summed E-state index contributed by atoms with van der Waals surface area (Å²) < 4.78 is 0. The average molecular weight is 487 g/mol. The molecule has 0 aromatic heterocycles. The lowest BCUT2D eigenvalue weighted by molar-refractivity contribution is -0.118. The summed E-state index contributed by atoms with van der Waals surface area (Å²) in [6.07, 6.45) is 2.19. The summed E-state index contributed by atoms with van der Waals surface area (Å²) in [5.74, 6) is 0.916. The lowest BCUT2D eigenvalue weighted by Gasteiger charge is -2.39. The fourth-order valence-corrected chi connectivity index (χ4v) is 6.25. The Labute approximate surface area is 209 Å². The van der Waals surface area contributed by atoms with Crippen LogP contribution in [0.4, 0.5) is 5.69 Å². The largest absolute Gasteiger partial charge is 0.368 e. The Bertz CT molecular complexity index is 997. The van der Waals surface area contributed by atoms with E-state index in [9.17, 15) is 9.59 Å². The van der Waals surface area contributed by atoms with E-state index in [-0.39, 0.29) is 30.3 Å². The lowest BCUT2D eigenvalue weighted by Crippen LogP contribution is -2.44. The molecule has 0 radical (unpaired) electrons. The quantitative estimate of drug-likeness (QED) is 0.611. The van der Waals surface area contributed by atoms with Crippen LogP contribution in [-0.2, 0) is 4.79 Å². The highest BCUT2D eigenvalue weighted by Gasteiger charge is 2.54. The van der Waals surface area contributed by atoms with Crippen molar-refractivity contribution in [2.24, 2.45) is 17.8 Å². The third-order valence-corrected chi connectivity index (χ3v) is 8.29. The maximum Gasteiger partial charge on any atom is 0.251 e. The molecule has 2 fully saturated rings. The summed E-state index contributed by atoms with van der Waals surface area (Å²) in [6, 6.07) is 4.42. The summed E-state index contributed by atoms with van der Waals surface area (Å²) in [6.45, 7) is 13.9. The highest BCUT2D eigenvalue weighted by atomic mass is 35.5. The van der Waals surface area contributed by atoms with Gasteiger partial charge in [-0.3, -0.25) is 9.59 Å². The van der Waals surface area contributed by atoms with E-state index >= 15 is 0 Å². The number of halogens is 1. The normalized spacial score (nSPS) is 25.3. The first kappa shape index (κ1) is 25.1. The lowest BCUT2D eigenvalue weighted by atomic mass is 9.89. The molecule has 3 unspecified atom stereocenters. The van der Waals surface area contributed by atoms with Crippen LogP contribution in [0.15, 0.2) is 23.3 Å². The average Bonchev–Trinajstić information content (AvgIpc) is 3.43. The van der Waals surface area contributed by atoms with Gasteiger partial charge in [0.05, 0.1) is 0 Å². The molecule has 0 spiro atoms. The van der Waals surface area contributed by atoms with Crippen molar-refractivity contribution in [3.05, 3.63) is 39.4 Å². The van der Waals surface area contributed by atoms with Crippen molar-refractivity contribution < 1.29 is 9.59 Å². The molecule has 2 N–H and O–H groups in total. The number of carbonyl (C=O) groups excluding carboxylic acids is 2. The predicted molar refractivity (Wildman–Crippen MR) is 139 cm³/mol. The zero-order valence-electron chi connectivity index (χ0n) is 21.4. The third kappa shape index (κ3) is 4.72. The first-order valence-corrected chi connectivity index (χ1v) is 13.1. The molecule has 1 aromatic rings. The van der Waals surface area contributed by atoms with E-state index in [2.05, 4.69) is 55.2 Å². The van der Waals surface area contributed by atoms with E-state index in [0.717, 1.165) is 49.3 Å². The number of carbonyl (C=O) groups is 2. The monoisotopic (exact) mass is 486 g/mol. The molecule has 0 bridgehead atoms. The van der Waals surface area contributed by atoms with Gasteiger partial charge >= 0.3 is 0 Å². The fourth-order valence-electron chi connectivity index (χ4n) is 6.04. The number of hydrogen-bond donors (Lipinski definition) is 2. The maximum absolute atomic E-state index is 13.3. The van der Waals surface area contributed by atoms with Gasteiger partial charge in [0.15, 0.2) is 0 Å². The van der Waals surface area contributed by atoms with Crippen LogP contribution in [0.1, 0.15) is 56.5 Å². The molecule has 2 amide bonds. The summed E-state index contributed by atoms with van der Waals surface area (Å²) in [5.41, 5.74) is 4.46. The van der Waals surface area contributed by atoms with Gasteiger partial charge in [0.25, 0.3) is 5.91 Å². The second-order valence-electron chi connectivity index (χ2n) is 10.6. The van der Waals surface area contributed by atoms with E-state index in [1.165, 1.54) is 5.57 Å². The van der Waals surface area contributed by atoms with Gasteiger partial charge in [0.1, 0.15) is 0 Å². The third-order valence-electron chi connectivity index (χ3n) is 8.07. The molecule has 1 aromatic carbocycles. The van der Waals surface area contributed by atoms with E-state index in [1.807, 2.05) is 13.0 Å². The number of hydrogen-bond acceptors (Lipinski definition) is 4. The van der Waals surface area contributed by atoms with Crippen LogP contribution in [0.25, 0.3) is 0 Å². The van der Waals surface area contributed by atoms with Gasteiger partial charge in [-0.1, -0.05) is 37.9 Å². The first-order chi connectivity index (χ1) is 16.1. The summed E-state index contributed by atoms with van der Waals surface area (Å²) in [4.78, 5) is 30.9. The second kappa shape index (κ2) is 9.90. The van der Waals surface area contributed by atoms with Gasteiger partial charge in [-0.25, -0.2) is 0 Å². The summed E-state index contributed by atoms with van der Waals surface area (Å²) in [7, 11) is 2.16. The van der Waals surface area contributed by atoms with Gasteiger partial charge < -0.3 is 20.4 Å². The van der Waals surface area contributed by atoms with Gasteiger partial charge in [-0.2, -0.15) is 0 Å². The van der Waals surface area contributed by atoms with Crippen LogP contribution in [0.5, 0.6) is 0 Å². The van der Waals surface area contributed by atoms with Gasteiger partial charge in [-0.05, 0) is 76.4 Å². The number of benzene rings is 1. The molecule has 34 heavy (non-hydrogen) atoms. The highest BCUT2D eigenvalue weighted by molar-refractivity contribution is 6.31.